The van der Waals surface area contributed by atoms with Gasteiger partial charge in [-0.05, 0) is 18.9 Å². The lowest BCUT2D eigenvalue weighted by molar-refractivity contribution is -0.121. The summed E-state index contributed by atoms with van der Waals surface area (Å²) in [7, 11) is 0. The number of benzene rings is 1. The van der Waals surface area contributed by atoms with E-state index in [2.05, 4.69) is 10.6 Å². The summed E-state index contributed by atoms with van der Waals surface area (Å²) in [5, 5.41) is 5.53. The van der Waals surface area contributed by atoms with Crippen LogP contribution < -0.4 is 10.6 Å². The summed E-state index contributed by atoms with van der Waals surface area (Å²) in [6.45, 7) is 4.67. The lowest BCUT2D eigenvalue weighted by Gasteiger charge is -2.18. The van der Waals surface area contributed by atoms with Crippen molar-refractivity contribution in [2.24, 2.45) is 0 Å². The van der Waals surface area contributed by atoms with Crippen molar-refractivity contribution in [3.8, 4) is 0 Å². The van der Waals surface area contributed by atoms with Crippen LogP contribution in [0.4, 0.5) is 4.79 Å². The average Bonchev–Trinajstić information content (AvgIpc) is 2.45. The zero-order chi connectivity index (χ0) is 14.8. The molecule has 0 heterocycles. The normalized spacial score (nSPS) is 11.5. The van der Waals surface area contributed by atoms with Crippen molar-refractivity contribution in [3.63, 3.8) is 0 Å². The van der Waals surface area contributed by atoms with E-state index >= 15 is 0 Å². The number of amides is 2. The summed E-state index contributed by atoms with van der Waals surface area (Å²) in [5.41, 5.74) is 0.882. The molecule has 0 saturated heterocycles. The molecule has 0 unspecified atom stereocenters. The third-order valence-corrected chi connectivity index (χ3v) is 2.73. The van der Waals surface area contributed by atoms with Crippen molar-refractivity contribution in [3.05, 3.63) is 35.9 Å². The molecule has 2 N–H and O–H groups in total. The van der Waals surface area contributed by atoms with Gasteiger partial charge in [0.15, 0.2) is 0 Å². The minimum absolute atomic E-state index is 0.0856. The maximum atomic E-state index is 11.8. The second-order valence-corrected chi connectivity index (χ2v) is 4.38. The van der Waals surface area contributed by atoms with Crippen molar-refractivity contribution in [2.45, 2.75) is 32.7 Å². The molecule has 0 fully saturated rings. The number of hydrogen-bond acceptors (Lipinski definition) is 3. The summed E-state index contributed by atoms with van der Waals surface area (Å²) >= 11 is 0. The molecule has 5 heteroatoms. The molecule has 0 aliphatic rings. The molecule has 0 bridgehead atoms. The first-order valence-corrected chi connectivity index (χ1v) is 6.92. The number of carbonyl (C=O) groups is 2. The van der Waals surface area contributed by atoms with Gasteiger partial charge in [-0.1, -0.05) is 37.3 Å². The molecule has 20 heavy (non-hydrogen) atoms. The second-order valence-electron chi connectivity index (χ2n) is 4.38. The molecule has 1 atom stereocenters. The first-order valence-electron chi connectivity index (χ1n) is 6.92. The van der Waals surface area contributed by atoms with E-state index in [1.807, 2.05) is 37.3 Å². The van der Waals surface area contributed by atoms with Crippen molar-refractivity contribution < 1.29 is 14.3 Å². The summed E-state index contributed by atoms with van der Waals surface area (Å²) in [4.78, 5) is 23.4. The Morgan fingerprint density at radius 2 is 1.90 bits per heavy atom. The third kappa shape index (κ3) is 5.73. The van der Waals surface area contributed by atoms with Crippen molar-refractivity contribution >= 4 is 12.0 Å². The highest BCUT2D eigenvalue weighted by molar-refractivity contribution is 5.78. The summed E-state index contributed by atoms with van der Waals surface area (Å²) in [6.07, 6.45) is 0.570. The highest BCUT2D eigenvalue weighted by Gasteiger charge is 2.18. The lowest BCUT2D eigenvalue weighted by Crippen LogP contribution is -2.34. The Bertz CT molecular complexity index is 420. The Kier molecular flexibility index (Phi) is 7.17. The smallest absolute Gasteiger partial charge is 0.407 e. The molecule has 1 aromatic rings. The zero-order valence-corrected chi connectivity index (χ0v) is 12.0. The number of ether oxygens (including phenoxy) is 1. The van der Waals surface area contributed by atoms with Gasteiger partial charge in [-0.3, -0.25) is 4.79 Å². The van der Waals surface area contributed by atoms with Crippen LogP contribution in [-0.4, -0.2) is 25.2 Å². The van der Waals surface area contributed by atoms with Gasteiger partial charge in [-0.2, -0.15) is 0 Å². The minimum atomic E-state index is -0.510. The molecule has 0 radical (unpaired) electrons. The van der Waals surface area contributed by atoms with E-state index in [-0.39, 0.29) is 18.4 Å². The van der Waals surface area contributed by atoms with E-state index in [1.165, 1.54) is 0 Å². The van der Waals surface area contributed by atoms with Crippen LogP contribution in [0.5, 0.6) is 0 Å². The van der Waals surface area contributed by atoms with Gasteiger partial charge in [0.2, 0.25) is 5.91 Å². The monoisotopic (exact) mass is 278 g/mol. The first kappa shape index (κ1) is 16.0. The molecule has 1 aromatic carbocycles. The van der Waals surface area contributed by atoms with Crippen molar-refractivity contribution in [2.75, 3.05) is 13.2 Å². The fourth-order valence-corrected chi connectivity index (χ4v) is 1.77. The number of carbonyl (C=O) groups excluding carboxylic acids is 2. The Labute approximate surface area is 119 Å². The summed E-state index contributed by atoms with van der Waals surface area (Å²) in [5.74, 6) is -0.0856. The molecule has 0 aliphatic carbocycles. The van der Waals surface area contributed by atoms with Gasteiger partial charge in [0.25, 0.3) is 0 Å². The van der Waals surface area contributed by atoms with Crippen molar-refractivity contribution in [1.82, 2.24) is 10.6 Å². The molecule has 5 nitrogen and oxygen atoms in total. The molecule has 0 spiro atoms. The Morgan fingerprint density at radius 1 is 1.20 bits per heavy atom. The van der Waals surface area contributed by atoms with E-state index < -0.39 is 6.09 Å². The van der Waals surface area contributed by atoms with Crippen molar-refractivity contribution in [1.29, 1.82) is 0 Å². The molecule has 0 saturated carbocycles. The van der Waals surface area contributed by atoms with Crippen LogP contribution in [0, 0.1) is 0 Å². The van der Waals surface area contributed by atoms with E-state index in [0.29, 0.717) is 13.2 Å². The van der Waals surface area contributed by atoms with E-state index in [0.717, 1.165) is 12.0 Å². The highest BCUT2D eigenvalue weighted by Crippen LogP contribution is 2.16. The van der Waals surface area contributed by atoms with E-state index in [1.54, 1.807) is 6.92 Å². The second kappa shape index (κ2) is 8.96. The van der Waals surface area contributed by atoms with Gasteiger partial charge < -0.3 is 15.4 Å². The fourth-order valence-electron chi connectivity index (χ4n) is 1.77. The van der Waals surface area contributed by atoms with Crippen LogP contribution in [0.3, 0.4) is 0 Å². The molecular weight excluding hydrogens is 256 g/mol. The first-order chi connectivity index (χ1) is 9.67. The number of rotatable bonds is 7. The van der Waals surface area contributed by atoms with Gasteiger partial charge >= 0.3 is 6.09 Å². The minimum Gasteiger partial charge on any atom is -0.450 e. The van der Waals surface area contributed by atoms with Gasteiger partial charge in [0, 0.05) is 6.54 Å². The molecule has 110 valence electrons. The van der Waals surface area contributed by atoms with E-state index in [4.69, 9.17) is 4.74 Å². The highest BCUT2D eigenvalue weighted by atomic mass is 16.5. The maximum absolute atomic E-state index is 11.8. The van der Waals surface area contributed by atoms with Crippen LogP contribution in [-0.2, 0) is 9.53 Å². The van der Waals surface area contributed by atoms with Crippen LogP contribution in [0.1, 0.15) is 38.3 Å². The maximum Gasteiger partial charge on any atom is 0.407 e. The Balaban J connectivity index is 2.69. The number of alkyl carbamates (subject to hydrolysis) is 1. The molecule has 1 rings (SSSR count). The van der Waals surface area contributed by atoms with Gasteiger partial charge in [0.05, 0.1) is 19.1 Å². The predicted octanol–water partition coefficient (Wildman–Crippen LogP) is 2.39. The Morgan fingerprint density at radius 3 is 2.50 bits per heavy atom. The summed E-state index contributed by atoms with van der Waals surface area (Å²) < 4.78 is 4.87. The van der Waals surface area contributed by atoms with Crippen LogP contribution in [0.25, 0.3) is 0 Å². The van der Waals surface area contributed by atoms with Gasteiger partial charge in [-0.15, -0.1) is 0 Å². The molecular formula is C15H22N2O3. The fraction of sp³-hybridized carbons (Fsp3) is 0.467. The molecule has 0 aromatic heterocycles. The van der Waals surface area contributed by atoms with Gasteiger partial charge in [0.1, 0.15) is 0 Å². The predicted molar refractivity (Wildman–Crippen MR) is 77.3 cm³/mol. The largest absolute Gasteiger partial charge is 0.450 e. The third-order valence-electron chi connectivity index (χ3n) is 2.73. The molecule has 2 amide bonds. The standard InChI is InChI=1S/C15H22N2O3/c1-3-10-16-14(18)11-13(17-15(19)20-4-2)12-8-6-5-7-9-12/h5-9,13H,3-4,10-11H2,1-2H3,(H,16,18)(H,17,19)/t13-/m0/s1. The van der Waals surface area contributed by atoms with E-state index in [9.17, 15) is 9.59 Å². The molecule has 0 aliphatic heterocycles. The average molecular weight is 278 g/mol. The Hall–Kier alpha value is -2.04. The number of nitrogens with one attached hydrogen (secondary N) is 2. The quantitative estimate of drug-likeness (QED) is 0.804. The summed E-state index contributed by atoms with van der Waals surface area (Å²) in [6, 6.07) is 9.01. The lowest BCUT2D eigenvalue weighted by atomic mass is 10.0. The van der Waals surface area contributed by atoms with Crippen LogP contribution in [0.15, 0.2) is 30.3 Å². The van der Waals surface area contributed by atoms with Gasteiger partial charge in [-0.25, -0.2) is 4.79 Å². The van der Waals surface area contributed by atoms with Crippen LogP contribution in [0.2, 0.25) is 0 Å². The zero-order valence-electron chi connectivity index (χ0n) is 12.0. The number of hydrogen-bond donors (Lipinski definition) is 2. The topological polar surface area (TPSA) is 67.4 Å². The van der Waals surface area contributed by atoms with Crippen LogP contribution >= 0.6 is 0 Å². The SMILES string of the molecule is CCCNC(=O)C[C@H](NC(=O)OCC)c1ccccc1.